The number of ether oxygens (including phenoxy) is 1. The van der Waals surface area contributed by atoms with Crippen molar-refractivity contribution in [1.82, 2.24) is 10.2 Å². The lowest BCUT2D eigenvalue weighted by molar-refractivity contribution is -0.0322. The Morgan fingerprint density at radius 2 is 1.72 bits per heavy atom. The van der Waals surface area contributed by atoms with Crippen LogP contribution in [0.25, 0.3) is 11.1 Å². The quantitative estimate of drug-likeness (QED) is 0.776. The van der Waals surface area contributed by atoms with Gasteiger partial charge in [0.2, 0.25) is 0 Å². The summed E-state index contributed by atoms with van der Waals surface area (Å²) in [6.45, 7) is 4.99. The summed E-state index contributed by atoms with van der Waals surface area (Å²) in [5.74, 6) is 0.948. The molecule has 0 aromatic heterocycles. The summed E-state index contributed by atoms with van der Waals surface area (Å²) in [4.78, 5) is 2.50. The van der Waals surface area contributed by atoms with E-state index in [1.807, 2.05) is 6.07 Å². The molecule has 0 amide bonds. The van der Waals surface area contributed by atoms with Crippen molar-refractivity contribution in [3.8, 4) is 16.9 Å². The SMILES string of the molecule is COc1ccc(-c2ccccc2)cc1C(CN1CCNCC1)C1(O)CCCCC1. The molecule has 0 spiro atoms. The first kappa shape index (κ1) is 20.4. The summed E-state index contributed by atoms with van der Waals surface area (Å²) in [6, 6.07) is 17.0. The van der Waals surface area contributed by atoms with Gasteiger partial charge in [0.1, 0.15) is 5.75 Å². The predicted molar refractivity (Wildman–Crippen MR) is 119 cm³/mol. The smallest absolute Gasteiger partial charge is 0.122 e. The van der Waals surface area contributed by atoms with E-state index in [1.54, 1.807) is 7.11 Å². The summed E-state index contributed by atoms with van der Waals surface area (Å²) < 4.78 is 5.80. The van der Waals surface area contributed by atoms with Crippen molar-refractivity contribution in [3.05, 3.63) is 54.1 Å². The van der Waals surface area contributed by atoms with Gasteiger partial charge in [-0.3, -0.25) is 0 Å². The van der Waals surface area contributed by atoms with Gasteiger partial charge < -0.3 is 20.1 Å². The van der Waals surface area contributed by atoms with Gasteiger partial charge in [-0.1, -0.05) is 55.7 Å². The number of aliphatic hydroxyl groups is 1. The number of piperazine rings is 1. The number of hydrogen-bond donors (Lipinski definition) is 2. The first-order valence-electron chi connectivity index (χ1n) is 11.1. The van der Waals surface area contributed by atoms with Gasteiger partial charge in [-0.25, -0.2) is 0 Å². The van der Waals surface area contributed by atoms with Crippen LogP contribution in [-0.4, -0.2) is 55.4 Å². The van der Waals surface area contributed by atoms with Crippen LogP contribution >= 0.6 is 0 Å². The van der Waals surface area contributed by atoms with Crippen molar-refractivity contribution in [3.63, 3.8) is 0 Å². The molecule has 1 saturated heterocycles. The maximum absolute atomic E-state index is 11.8. The Bertz CT molecular complexity index is 781. The van der Waals surface area contributed by atoms with Crippen LogP contribution in [0.4, 0.5) is 0 Å². The van der Waals surface area contributed by atoms with Crippen LogP contribution in [0.2, 0.25) is 0 Å². The van der Waals surface area contributed by atoms with Gasteiger partial charge >= 0.3 is 0 Å². The lowest BCUT2D eigenvalue weighted by Crippen LogP contribution is -2.49. The largest absolute Gasteiger partial charge is 0.496 e. The molecule has 2 fully saturated rings. The Morgan fingerprint density at radius 3 is 2.41 bits per heavy atom. The fourth-order valence-electron chi connectivity index (χ4n) is 5.04. The van der Waals surface area contributed by atoms with Gasteiger partial charge in [0.05, 0.1) is 12.7 Å². The molecule has 29 heavy (non-hydrogen) atoms. The molecule has 0 radical (unpaired) electrons. The van der Waals surface area contributed by atoms with Crippen molar-refractivity contribution < 1.29 is 9.84 Å². The maximum atomic E-state index is 11.8. The minimum Gasteiger partial charge on any atom is -0.496 e. The van der Waals surface area contributed by atoms with Crippen LogP contribution in [0.15, 0.2) is 48.5 Å². The van der Waals surface area contributed by atoms with Crippen LogP contribution in [0.5, 0.6) is 5.75 Å². The van der Waals surface area contributed by atoms with Crippen LogP contribution in [0.3, 0.4) is 0 Å². The molecule has 1 aliphatic carbocycles. The molecule has 1 unspecified atom stereocenters. The number of hydrogen-bond acceptors (Lipinski definition) is 4. The Balaban J connectivity index is 1.73. The lowest BCUT2D eigenvalue weighted by atomic mass is 9.72. The number of rotatable bonds is 6. The summed E-state index contributed by atoms with van der Waals surface area (Å²) in [5, 5.41) is 15.2. The molecule has 2 N–H and O–H groups in total. The van der Waals surface area contributed by atoms with E-state index in [0.29, 0.717) is 0 Å². The third kappa shape index (κ3) is 4.66. The molecule has 1 saturated carbocycles. The molecule has 4 heteroatoms. The Morgan fingerprint density at radius 1 is 1.00 bits per heavy atom. The van der Waals surface area contributed by atoms with Crippen molar-refractivity contribution in [2.45, 2.75) is 43.6 Å². The van der Waals surface area contributed by atoms with Crippen molar-refractivity contribution in [2.75, 3.05) is 39.8 Å². The standard InChI is InChI=1S/C25H34N2O2/c1-29-24-11-10-21(20-8-4-2-5-9-20)18-22(24)23(19-27-16-14-26-15-17-27)25(28)12-6-3-7-13-25/h2,4-5,8-11,18,23,26,28H,3,6-7,12-17,19H2,1H3. The summed E-state index contributed by atoms with van der Waals surface area (Å²) in [7, 11) is 1.74. The highest BCUT2D eigenvalue weighted by Gasteiger charge is 2.41. The average Bonchev–Trinajstić information content (AvgIpc) is 2.79. The number of nitrogens with zero attached hydrogens (tertiary/aromatic N) is 1. The second kappa shape index (κ2) is 9.29. The Hall–Kier alpha value is -1.88. The van der Waals surface area contributed by atoms with Gasteiger partial charge in [0.25, 0.3) is 0 Å². The van der Waals surface area contributed by atoms with Crippen LogP contribution < -0.4 is 10.1 Å². The van der Waals surface area contributed by atoms with Gasteiger partial charge in [-0.05, 0) is 36.1 Å². The highest BCUT2D eigenvalue weighted by atomic mass is 16.5. The molecular weight excluding hydrogens is 360 g/mol. The minimum atomic E-state index is -0.661. The molecular formula is C25H34N2O2. The van der Waals surface area contributed by atoms with E-state index in [9.17, 15) is 5.11 Å². The Kier molecular flexibility index (Phi) is 6.53. The molecule has 2 aromatic rings. The topological polar surface area (TPSA) is 44.7 Å². The van der Waals surface area contributed by atoms with Gasteiger partial charge in [-0.2, -0.15) is 0 Å². The summed E-state index contributed by atoms with van der Waals surface area (Å²) in [5.41, 5.74) is 2.88. The summed E-state index contributed by atoms with van der Waals surface area (Å²) >= 11 is 0. The first-order chi connectivity index (χ1) is 14.2. The third-order valence-electron chi connectivity index (χ3n) is 6.73. The number of nitrogens with one attached hydrogen (secondary N) is 1. The van der Waals surface area contributed by atoms with Crippen LogP contribution in [-0.2, 0) is 0 Å². The summed E-state index contributed by atoms with van der Waals surface area (Å²) in [6.07, 6.45) is 5.19. The molecule has 0 bridgehead atoms. The minimum absolute atomic E-state index is 0.0551. The van der Waals surface area contributed by atoms with Gasteiger partial charge in [-0.15, -0.1) is 0 Å². The number of methoxy groups -OCH3 is 1. The molecule has 4 nitrogen and oxygen atoms in total. The van der Waals surface area contributed by atoms with E-state index in [0.717, 1.165) is 69.7 Å². The highest BCUT2D eigenvalue weighted by molar-refractivity contribution is 5.66. The van der Waals surface area contributed by atoms with E-state index in [4.69, 9.17) is 4.74 Å². The first-order valence-corrected chi connectivity index (χ1v) is 11.1. The van der Waals surface area contributed by atoms with Gasteiger partial charge in [0, 0.05) is 44.2 Å². The van der Waals surface area contributed by atoms with E-state index < -0.39 is 5.60 Å². The zero-order valence-corrected chi connectivity index (χ0v) is 17.6. The highest BCUT2D eigenvalue weighted by Crippen LogP contribution is 2.44. The molecule has 1 heterocycles. The maximum Gasteiger partial charge on any atom is 0.122 e. The van der Waals surface area contributed by atoms with Crippen molar-refractivity contribution >= 4 is 0 Å². The Labute approximate surface area is 174 Å². The second-order valence-corrected chi connectivity index (χ2v) is 8.59. The second-order valence-electron chi connectivity index (χ2n) is 8.59. The van der Waals surface area contributed by atoms with Crippen LogP contribution in [0, 0.1) is 0 Å². The monoisotopic (exact) mass is 394 g/mol. The molecule has 2 aliphatic rings. The molecule has 1 aliphatic heterocycles. The lowest BCUT2D eigenvalue weighted by Gasteiger charge is -2.43. The molecule has 2 aromatic carbocycles. The van der Waals surface area contributed by atoms with Crippen molar-refractivity contribution in [1.29, 1.82) is 0 Å². The van der Waals surface area contributed by atoms with Crippen molar-refractivity contribution in [2.24, 2.45) is 0 Å². The van der Waals surface area contributed by atoms with Gasteiger partial charge in [0.15, 0.2) is 0 Å². The van der Waals surface area contributed by atoms with E-state index in [-0.39, 0.29) is 5.92 Å². The number of benzene rings is 2. The fraction of sp³-hybridized carbons (Fsp3) is 0.520. The van der Waals surface area contributed by atoms with E-state index in [1.165, 1.54) is 17.5 Å². The normalized spacial score (nSPS) is 20.9. The molecule has 1 atom stereocenters. The zero-order chi connectivity index (χ0) is 20.1. The van der Waals surface area contributed by atoms with Crippen LogP contribution in [0.1, 0.15) is 43.6 Å². The zero-order valence-electron chi connectivity index (χ0n) is 17.6. The van der Waals surface area contributed by atoms with E-state index >= 15 is 0 Å². The molecule has 156 valence electrons. The fourth-order valence-corrected chi connectivity index (χ4v) is 5.04. The molecule has 4 rings (SSSR count). The predicted octanol–water partition coefficient (Wildman–Crippen LogP) is 4.05. The van der Waals surface area contributed by atoms with E-state index in [2.05, 4.69) is 52.7 Å². The third-order valence-corrected chi connectivity index (χ3v) is 6.73. The average molecular weight is 395 g/mol.